The average Bonchev–Trinajstić information content (AvgIpc) is 2.87. The lowest BCUT2D eigenvalue weighted by Crippen LogP contribution is -2.39. The van der Waals surface area contributed by atoms with E-state index < -0.39 is 0 Å². The van der Waals surface area contributed by atoms with Crippen molar-refractivity contribution in [2.75, 3.05) is 0 Å². The zero-order valence-corrected chi connectivity index (χ0v) is 11.2. The van der Waals surface area contributed by atoms with Gasteiger partial charge in [0, 0.05) is 0 Å². The summed E-state index contributed by atoms with van der Waals surface area (Å²) in [6.45, 7) is 2.49. The maximum atomic E-state index is 2.49. The van der Waals surface area contributed by atoms with Crippen molar-refractivity contribution in [3.63, 3.8) is 0 Å². The van der Waals surface area contributed by atoms with Crippen LogP contribution in [-0.2, 0) is 0 Å². The Morgan fingerprint density at radius 1 is 0.706 bits per heavy atom. The van der Waals surface area contributed by atoms with Crippen molar-refractivity contribution in [2.24, 2.45) is 46.8 Å². The van der Waals surface area contributed by atoms with Crippen molar-refractivity contribution < 1.29 is 0 Å². The molecule has 0 bridgehead atoms. The molecule has 5 rings (SSSR count). The molecule has 5 aliphatic rings. The van der Waals surface area contributed by atoms with E-state index in [4.69, 9.17) is 0 Å². The predicted molar refractivity (Wildman–Crippen MR) is 69.5 cm³/mol. The third kappa shape index (κ3) is 1.21. The summed E-state index contributed by atoms with van der Waals surface area (Å²) in [4.78, 5) is 0. The highest BCUT2D eigenvalue weighted by molar-refractivity contribution is 5.11. The first-order chi connectivity index (χ1) is 8.24. The molecule has 0 radical (unpaired) electrons. The highest BCUT2D eigenvalue weighted by Gasteiger charge is 2.61. The van der Waals surface area contributed by atoms with E-state index in [1.165, 1.54) is 35.5 Å². The molecule has 0 aromatic rings. The first kappa shape index (κ1) is 9.87. The maximum absolute atomic E-state index is 2.49. The van der Waals surface area contributed by atoms with E-state index in [1.54, 1.807) is 51.4 Å². The number of fused-ring (bicyclic) bond motifs is 4. The van der Waals surface area contributed by atoms with Gasteiger partial charge in [-0.25, -0.2) is 0 Å². The van der Waals surface area contributed by atoms with Crippen LogP contribution in [0.3, 0.4) is 0 Å². The normalized spacial score (nSPS) is 58.4. The van der Waals surface area contributed by atoms with Gasteiger partial charge in [-0.05, 0) is 98.2 Å². The largest absolute Gasteiger partial charge is 0.0625 e. The summed E-state index contributed by atoms with van der Waals surface area (Å²) in [7, 11) is 0. The van der Waals surface area contributed by atoms with Gasteiger partial charge in [0.25, 0.3) is 0 Å². The minimum absolute atomic E-state index is 0.941. The summed E-state index contributed by atoms with van der Waals surface area (Å²) in [5, 5.41) is 0. The molecule has 0 saturated heterocycles. The van der Waals surface area contributed by atoms with Gasteiger partial charge in [-0.3, -0.25) is 0 Å². The monoisotopic (exact) mass is 230 g/mol. The molecule has 5 saturated carbocycles. The van der Waals surface area contributed by atoms with E-state index in [0.717, 1.165) is 11.3 Å². The summed E-state index contributed by atoms with van der Waals surface area (Å²) in [5.41, 5.74) is 0.941. The minimum atomic E-state index is 0.941. The molecule has 0 aromatic heterocycles. The van der Waals surface area contributed by atoms with Gasteiger partial charge >= 0.3 is 0 Å². The Morgan fingerprint density at radius 2 is 1.24 bits per heavy atom. The van der Waals surface area contributed by atoms with Crippen LogP contribution in [0.4, 0.5) is 0 Å². The third-order valence-electron chi connectivity index (χ3n) is 7.71. The molecule has 4 atom stereocenters. The molecule has 0 amide bonds. The summed E-state index contributed by atoms with van der Waals surface area (Å²) >= 11 is 0. The fourth-order valence-electron chi connectivity index (χ4n) is 6.70. The quantitative estimate of drug-likeness (QED) is 0.622. The maximum Gasteiger partial charge on any atom is -0.0292 e. The lowest BCUT2D eigenvalue weighted by Gasteiger charge is -2.45. The lowest BCUT2D eigenvalue weighted by molar-refractivity contribution is 0.0302. The molecule has 0 aromatic carbocycles. The smallest absolute Gasteiger partial charge is 0.0292 e. The van der Waals surface area contributed by atoms with E-state index >= 15 is 0 Å². The van der Waals surface area contributed by atoms with Gasteiger partial charge in [0.05, 0.1) is 0 Å². The minimum Gasteiger partial charge on any atom is -0.0625 e. The fraction of sp³-hybridized carbons (Fsp3) is 1.00. The first-order valence-electron chi connectivity index (χ1n) is 8.24. The summed E-state index contributed by atoms with van der Waals surface area (Å²) in [6, 6.07) is 0. The molecule has 0 nitrogen and oxygen atoms in total. The van der Waals surface area contributed by atoms with Crippen molar-refractivity contribution in [3.8, 4) is 0 Å². The predicted octanol–water partition coefficient (Wildman–Crippen LogP) is 4.49. The Bertz CT molecular complexity index is 325. The van der Waals surface area contributed by atoms with Crippen molar-refractivity contribution in [1.82, 2.24) is 0 Å². The highest BCUT2D eigenvalue weighted by Crippen LogP contribution is 2.70. The van der Waals surface area contributed by atoms with E-state index in [2.05, 4.69) is 6.92 Å². The molecule has 5 aliphatic carbocycles. The highest BCUT2D eigenvalue weighted by atomic mass is 14.7. The molecular weight excluding hydrogens is 204 g/mol. The zero-order chi connectivity index (χ0) is 11.2. The molecular formula is C17H26. The molecule has 0 heteroatoms. The molecule has 1 spiro atoms. The van der Waals surface area contributed by atoms with Crippen molar-refractivity contribution in [2.45, 2.75) is 58.3 Å². The van der Waals surface area contributed by atoms with Gasteiger partial charge in [0.15, 0.2) is 0 Å². The number of hydrogen-bond acceptors (Lipinski definition) is 0. The Morgan fingerprint density at radius 3 is 1.76 bits per heavy atom. The fourth-order valence-corrected chi connectivity index (χ4v) is 6.70. The molecule has 0 heterocycles. The summed E-state index contributed by atoms with van der Waals surface area (Å²) < 4.78 is 0. The van der Waals surface area contributed by atoms with Crippen molar-refractivity contribution in [3.05, 3.63) is 0 Å². The number of hydrogen-bond donors (Lipinski definition) is 0. The van der Waals surface area contributed by atoms with Crippen molar-refractivity contribution >= 4 is 0 Å². The Labute approximate surface area is 106 Å². The van der Waals surface area contributed by atoms with Crippen LogP contribution in [0.25, 0.3) is 0 Å². The van der Waals surface area contributed by atoms with Crippen LogP contribution in [0.1, 0.15) is 58.3 Å². The van der Waals surface area contributed by atoms with E-state index in [9.17, 15) is 0 Å². The van der Waals surface area contributed by atoms with Crippen LogP contribution in [0.2, 0.25) is 0 Å². The van der Waals surface area contributed by atoms with Crippen LogP contribution >= 0.6 is 0 Å². The van der Waals surface area contributed by atoms with Gasteiger partial charge in [-0.2, -0.15) is 0 Å². The number of rotatable bonds is 1. The summed E-state index contributed by atoms with van der Waals surface area (Å²) in [6.07, 6.45) is 12.9. The molecule has 0 N–H and O–H groups in total. The van der Waals surface area contributed by atoms with Crippen molar-refractivity contribution in [1.29, 1.82) is 0 Å². The molecule has 5 fully saturated rings. The van der Waals surface area contributed by atoms with Crippen LogP contribution < -0.4 is 0 Å². The molecule has 94 valence electrons. The zero-order valence-electron chi connectivity index (χ0n) is 11.2. The van der Waals surface area contributed by atoms with Crippen LogP contribution in [0.15, 0.2) is 0 Å². The third-order valence-corrected chi connectivity index (χ3v) is 7.71. The molecule has 0 aliphatic heterocycles. The topological polar surface area (TPSA) is 0 Å². The Hall–Kier alpha value is 0. The van der Waals surface area contributed by atoms with Crippen LogP contribution in [-0.4, -0.2) is 0 Å². The Balaban J connectivity index is 1.26. The van der Waals surface area contributed by atoms with E-state index in [1.807, 2.05) is 0 Å². The second kappa shape index (κ2) is 2.94. The van der Waals surface area contributed by atoms with Crippen LogP contribution in [0, 0.1) is 46.8 Å². The van der Waals surface area contributed by atoms with Gasteiger partial charge in [-0.1, -0.05) is 6.92 Å². The molecule has 17 heavy (non-hydrogen) atoms. The van der Waals surface area contributed by atoms with Gasteiger partial charge in [-0.15, -0.1) is 0 Å². The van der Waals surface area contributed by atoms with Crippen LogP contribution in [0.5, 0.6) is 0 Å². The van der Waals surface area contributed by atoms with Gasteiger partial charge in [0.1, 0.15) is 0 Å². The van der Waals surface area contributed by atoms with E-state index in [-0.39, 0.29) is 0 Å². The first-order valence-corrected chi connectivity index (χ1v) is 8.24. The molecule has 4 unspecified atom stereocenters. The second-order valence-corrected chi connectivity index (χ2v) is 8.63. The Kier molecular flexibility index (Phi) is 1.71. The average molecular weight is 230 g/mol. The van der Waals surface area contributed by atoms with E-state index in [0.29, 0.717) is 0 Å². The standard InChI is InChI=1S/C17H26/c1-10-4-13-14(5-10)16-7-11(6-15(13)16)12-8-17(9-12)2-3-17/h10-16H,2-9H2,1H3. The van der Waals surface area contributed by atoms with Gasteiger partial charge < -0.3 is 0 Å². The summed E-state index contributed by atoms with van der Waals surface area (Å²) in [5.74, 6) is 8.20. The second-order valence-electron chi connectivity index (χ2n) is 8.63. The SMILES string of the molecule is CC1CC2C(C1)C1CC(C3CC4(CC4)C3)CC21. The lowest BCUT2D eigenvalue weighted by atomic mass is 9.60. The van der Waals surface area contributed by atoms with Gasteiger partial charge in [0.2, 0.25) is 0 Å².